The molecule has 2 atom stereocenters. The van der Waals surface area contributed by atoms with E-state index < -0.39 is 0 Å². The van der Waals surface area contributed by atoms with Crippen molar-refractivity contribution in [3.05, 3.63) is 18.0 Å². The Morgan fingerprint density at radius 2 is 2.14 bits per heavy atom. The fourth-order valence-corrected chi connectivity index (χ4v) is 3.33. The molecule has 0 N–H and O–H groups in total. The Labute approximate surface area is 125 Å². The van der Waals surface area contributed by atoms with Gasteiger partial charge in [-0.25, -0.2) is 0 Å². The van der Waals surface area contributed by atoms with Gasteiger partial charge >= 0.3 is 0 Å². The van der Waals surface area contributed by atoms with Crippen LogP contribution in [-0.2, 0) is 16.1 Å². The number of morpholine rings is 1. The molecule has 0 radical (unpaired) electrons. The Bertz CT molecular complexity index is 496. The molecule has 2 saturated heterocycles. The molecule has 21 heavy (non-hydrogen) atoms. The van der Waals surface area contributed by atoms with Crippen LogP contribution in [0.1, 0.15) is 12.5 Å². The number of nitrogens with zero attached hydrogens (tertiary/aromatic N) is 4. The highest BCUT2D eigenvalue weighted by Crippen LogP contribution is 2.23. The molecule has 0 unspecified atom stereocenters. The van der Waals surface area contributed by atoms with Gasteiger partial charge < -0.3 is 9.64 Å². The number of hydrogen-bond acceptors (Lipinski definition) is 4. The van der Waals surface area contributed by atoms with Crippen molar-refractivity contribution in [2.24, 2.45) is 5.92 Å². The zero-order chi connectivity index (χ0) is 14.8. The van der Waals surface area contributed by atoms with E-state index in [0.717, 1.165) is 45.0 Å². The summed E-state index contributed by atoms with van der Waals surface area (Å²) >= 11 is 0. The highest BCUT2D eigenvalue weighted by Gasteiger charge is 2.36. The zero-order valence-corrected chi connectivity index (χ0v) is 12.9. The first-order valence-corrected chi connectivity index (χ1v) is 7.72. The fraction of sp³-hybridized carbons (Fsp3) is 0.733. The van der Waals surface area contributed by atoms with Crippen LogP contribution in [0.15, 0.2) is 12.4 Å². The number of aromatic nitrogens is 2. The number of amides is 1. The molecule has 1 aromatic rings. The lowest BCUT2D eigenvalue weighted by atomic mass is 10.0. The highest BCUT2D eigenvalue weighted by atomic mass is 16.5. The smallest absolute Gasteiger partial charge is 0.244 e. The Hall–Kier alpha value is -1.40. The second-order valence-electron chi connectivity index (χ2n) is 6.21. The van der Waals surface area contributed by atoms with Gasteiger partial charge in [-0.05, 0) is 18.4 Å². The van der Waals surface area contributed by atoms with E-state index in [2.05, 4.69) is 16.9 Å². The number of ether oxygens (including phenoxy) is 1. The van der Waals surface area contributed by atoms with Crippen LogP contribution in [0.3, 0.4) is 0 Å². The third-order valence-corrected chi connectivity index (χ3v) is 4.50. The molecule has 2 fully saturated rings. The van der Waals surface area contributed by atoms with Gasteiger partial charge in [0, 0.05) is 38.4 Å². The maximum Gasteiger partial charge on any atom is 0.244 e. The maximum atomic E-state index is 12.4. The SMILES string of the molecule is Cc1cnn(CC(=O)N2C[C@@H](C)[C@@H](N3CCOCC3)C2)c1. The van der Waals surface area contributed by atoms with E-state index in [1.807, 2.05) is 18.0 Å². The van der Waals surface area contributed by atoms with Gasteiger partial charge in [0.05, 0.1) is 19.4 Å². The maximum absolute atomic E-state index is 12.4. The van der Waals surface area contributed by atoms with E-state index >= 15 is 0 Å². The quantitative estimate of drug-likeness (QED) is 0.808. The van der Waals surface area contributed by atoms with Crippen LogP contribution in [0.5, 0.6) is 0 Å². The van der Waals surface area contributed by atoms with Gasteiger partial charge in [-0.3, -0.25) is 14.4 Å². The predicted molar refractivity (Wildman–Crippen MR) is 78.9 cm³/mol. The first-order valence-electron chi connectivity index (χ1n) is 7.72. The van der Waals surface area contributed by atoms with Crippen LogP contribution in [0.4, 0.5) is 0 Å². The molecule has 6 nitrogen and oxygen atoms in total. The van der Waals surface area contributed by atoms with Crippen LogP contribution in [0, 0.1) is 12.8 Å². The molecule has 3 heterocycles. The molecule has 116 valence electrons. The molecule has 1 aromatic heterocycles. The van der Waals surface area contributed by atoms with E-state index in [1.54, 1.807) is 10.9 Å². The molecule has 0 saturated carbocycles. The van der Waals surface area contributed by atoms with Gasteiger partial charge in [0.15, 0.2) is 0 Å². The minimum atomic E-state index is 0.167. The first-order chi connectivity index (χ1) is 10.1. The number of rotatable bonds is 3. The van der Waals surface area contributed by atoms with Gasteiger partial charge in [0.2, 0.25) is 5.91 Å². The standard InChI is InChI=1S/C15H24N4O2/c1-12-7-16-19(8-12)11-15(20)18-9-13(2)14(10-18)17-3-5-21-6-4-17/h7-8,13-14H,3-6,9-11H2,1-2H3/t13-,14+/m1/s1. The number of hydrogen-bond donors (Lipinski definition) is 0. The van der Waals surface area contributed by atoms with Crippen LogP contribution in [-0.4, -0.2) is 70.9 Å². The second-order valence-corrected chi connectivity index (χ2v) is 6.21. The molecule has 2 aliphatic rings. The Morgan fingerprint density at radius 1 is 1.38 bits per heavy atom. The number of likely N-dealkylation sites (tertiary alicyclic amines) is 1. The Balaban J connectivity index is 1.58. The lowest BCUT2D eigenvalue weighted by Crippen LogP contribution is -2.47. The fourth-order valence-electron chi connectivity index (χ4n) is 3.33. The van der Waals surface area contributed by atoms with Crippen LogP contribution in [0.25, 0.3) is 0 Å². The lowest BCUT2D eigenvalue weighted by Gasteiger charge is -2.33. The average molecular weight is 292 g/mol. The molecule has 0 aromatic carbocycles. The molecule has 2 aliphatic heterocycles. The van der Waals surface area contributed by atoms with Crippen molar-refractivity contribution in [1.82, 2.24) is 19.6 Å². The number of carbonyl (C=O) groups excluding carboxylic acids is 1. The predicted octanol–water partition coefficient (Wildman–Crippen LogP) is 0.371. The minimum absolute atomic E-state index is 0.167. The number of carbonyl (C=O) groups is 1. The van der Waals surface area contributed by atoms with Crippen molar-refractivity contribution in [2.75, 3.05) is 39.4 Å². The summed E-state index contributed by atoms with van der Waals surface area (Å²) in [7, 11) is 0. The van der Waals surface area contributed by atoms with E-state index in [1.165, 1.54) is 0 Å². The van der Waals surface area contributed by atoms with Gasteiger partial charge in [-0.2, -0.15) is 5.10 Å². The van der Waals surface area contributed by atoms with E-state index in [4.69, 9.17) is 4.74 Å². The monoisotopic (exact) mass is 292 g/mol. The van der Waals surface area contributed by atoms with Gasteiger partial charge in [-0.15, -0.1) is 0 Å². The molecule has 6 heteroatoms. The van der Waals surface area contributed by atoms with Crippen molar-refractivity contribution >= 4 is 5.91 Å². The zero-order valence-electron chi connectivity index (χ0n) is 12.9. The summed E-state index contributed by atoms with van der Waals surface area (Å²) in [4.78, 5) is 16.9. The molecule has 3 rings (SSSR count). The topological polar surface area (TPSA) is 50.6 Å². The summed E-state index contributed by atoms with van der Waals surface area (Å²) in [5.41, 5.74) is 1.09. The summed E-state index contributed by atoms with van der Waals surface area (Å²) in [6.45, 7) is 9.84. The van der Waals surface area contributed by atoms with E-state index in [-0.39, 0.29) is 5.91 Å². The molecular formula is C15H24N4O2. The van der Waals surface area contributed by atoms with Crippen molar-refractivity contribution < 1.29 is 9.53 Å². The first kappa shape index (κ1) is 14.5. The average Bonchev–Trinajstić information content (AvgIpc) is 3.06. The molecule has 0 bridgehead atoms. The summed E-state index contributed by atoms with van der Waals surface area (Å²) in [6, 6.07) is 0.470. The summed E-state index contributed by atoms with van der Waals surface area (Å²) in [6.07, 6.45) is 3.70. The van der Waals surface area contributed by atoms with Gasteiger partial charge in [-0.1, -0.05) is 6.92 Å². The highest BCUT2D eigenvalue weighted by molar-refractivity contribution is 5.76. The Morgan fingerprint density at radius 3 is 2.81 bits per heavy atom. The summed E-state index contributed by atoms with van der Waals surface area (Å²) in [5, 5.41) is 4.20. The molecule has 0 spiro atoms. The summed E-state index contributed by atoms with van der Waals surface area (Å²) < 4.78 is 7.14. The largest absolute Gasteiger partial charge is 0.379 e. The van der Waals surface area contributed by atoms with Crippen molar-refractivity contribution in [3.8, 4) is 0 Å². The van der Waals surface area contributed by atoms with Gasteiger partial charge in [0.25, 0.3) is 0 Å². The number of aryl methyl sites for hydroxylation is 1. The third kappa shape index (κ3) is 3.27. The van der Waals surface area contributed by atoms with E-state index in [0.29, 0.717) is 18.5 Å². The second kappa shape index (κ2) is 6.15. The minimum Gasteiger partial charge on any atom is -0.379 e. The lowest BCUT2D eigenvalue weighted by molar-refractivity contribution is -0.131. The molecular weight excluding hydrogens is 268 g/mol. The molecule has 1 amide bonds. The Kier molecular flexibility index (Phi) is 4.26. The van der Waals surface area contributed by atoms with Crippen molar-refractivity contribution in [1.29, 1.82) is 0 Å². The summed E-state index contributed by atoms with van der Waals surface area (Å²) in [5.74, 6) is 0.687. The van der Waals surface area contributed by atoms with Crippen LogP contribution >= 0.6 is 0 Å². The van der Waals surface area contributed by atoms with Crippen LogP contribution in [0.2, 0.25) is 0 Å². The van der Waals surface area contributed by atoms with Crippen molar-refractivity contribution in [3.63, 3.8) is 0 Å². The van der Waals surface area contributed by atoms with Gasteiger partial charge in [0.1, 0.15) is 6.54 Å². The molecule has 0 aliphatic carbocycles. The normalized spacial score (nSPS) is 27.2. The third-order valence-electron chi connectivity index (χ3n) is 4.50. The van der Waals surface area contributed by atoms with Crippen molar-refractivity contribution in [2.45, 2.75) is 26.4 Å². The van der Waals surface area contributed by atoms with Crippen LogP contribution < -0.4 is 0 Å². The van der Waals surface area contributed by atoms with E-state index in [9.17, 15) is 4.79 Å².